The fourth-order valence-corrected chi connectivity index (χ4v) is 3.61. The van der Waals surface area contributed by atoms with Crippen molar-refractivity contribution in [3.63, 3.8) is 0 Å². The van der Waals surface area contributed by atoms with E-state index in [4.69, 9.17) is 25.8 Å². The summed E-state index contributed by atoms with van der Waals surface area (Å²) >= 11 is 8.22. The highest BCUT2D eigenvalue weighted by atomic mass is 127. The van der Waals surface area contributed by atoms with Gasteiger partial charge in [-0.2, -0.15) is 0 Å². The second kappa shape index (κ2) is 9.48. The van der Waals surface area contributed by atoms with E-state index in [1.165, 1.54) is 31.4 Å². The van der Waals surface area contributed by atoms with E-state index >= 15 is 0 Å². The molecule has 0 fully saturated rings. The predicted molar refractivity (Wildman–Crippen MR) is 125 cm³/mol. The molecule has 160 valence electrons. The number of nitrogens with zero attached hydrogens (tertiary/aromatic N) is 2. The molecule has 2 aromatic rings. The summed E-state index contributed by atoms with van der Waals surface area (Å²) in [6.45, 7) is 6.01. The molecule has 0 aromatic heterocycles. The van der Waals surface area contributed by atoms with Crippen LogP contribution in [-0.4, -0.2) is 30.5 Å². The summed E-state index contributed by atoms with van der Waals surface area (Å²) in [5, 5.41) is 11.2. The van der Waals surface area contributed by atoms with Gasteiger partial charge in [0.2, 0.25) is 5.90 Å². The van der Waals surface area contributed by atoms with E-state index in [1.807, 2.05) is 6.92 Å². The SMILES string of the molecule is C=C(C)COc1c(I)cc(/C=C2\N=C(c3cc([N+](=O)[O-])ccc3Cl)OC2=O)cc1OC. The molecule has 0 aliphatic carbocycles. The highest BCUT2D eigenvalue weighted by Gasteiger charge is 2.27. The van der Waals surface area contributed by atoms with Crippen molar-refractivity contribution in [2.24, 2.45) is 4.99 Å². The molecule has 0 atom stereocenters. The first-order valence-electron chi connectivity index (χ1n) is 8.81. The number of benzene rings is 2. The van der Waals surface area contributed by atoms with Crippen molar-refractivity contribution >= 4 is 57.8 Å². The van der Waals surface area contributed by atoms with Gasteiger partial charge in [-0.1, -0.05) is 18.2 Å². The lowest BCUT2D eigenvalue weighted by Crippen LogP contribution is -2.06. The topological polar surface area (TPSA) is 100 Å². The summed E-state index contributed by atoms with van der Waals surface area (Å²) < 4.78 is 17.1. The number of rotatable bonds is 7. The van der Waals surface area contributed by atoms with Crippen LogP contribution in [0, 0.1) is 13.7 Å². The van der Waals surface area contributed by atoms with E-state index in [0.29, 0.717) is 23.7 Å². The number of esters is 1. The molecule has 3 rings (SSSR count). The number of carbonyl (C=O) groups excluding carboxylic acids is 1. The minimum atomic E-state index is -0.700. The number of non-ortho nitro benzene ring substituents is 1. The number of nitro benzene ring substituents is 1. The molecule has 1 aliphatic rings. The smallest absolute Gasteiger partial charge is 0.363 e. The van der Waals surface area contributed by atoms with Gasteiger partial charge in [0.25, 0.3) is 5.69 Å². The van der Waals surface area contributed by atoms with E-state index < -0.39 is 10.9 Å². The van der Waals surface area contributed by atoms with Crippen molar-refractivity contribution in [2.45, 2.75) is 6.92 Å². The van der Waals surface area contributed by atoms with Gasteiger partial charge in [0.05, 0.1) is 26.2 Å². The van der Waals surface area contributed by atoms with Gasteiger partial charge < -0.3 is 14.2 Å². The molecule has 0 radical (unpaired) electrons. The third-order valence-electron chi connectivity index (χ3n) is 4.03. The molecule has 0 amide bonds. The number of nitro groups is 1. The van der Waals surface area contributed by atoms with E-state index in [2.05, 4.69) is 34.2 Å². The monoisotopic (exact) mass is 554 g/mol. The van der Waals surface area contributed by atoms with E-state index in [9.17, 15) is 14.9 Å². The fourth-order valence-electron chi connectivity index (χ4n) is 2.63. The maximum absolute atomic E-state index is 12.3. The van der Waals surface area contributed by atoms with Crippen LogP contribution < -0.4 is 9.47 Å². The second-order valence-electron chi connectivity index (χ2n) is 6.54. The lowest BCUT2D eigenvalue weighted by Gasteiger charge is -2.13. The number of halogens is 2. The molecule has 0 saturated heterocycles. The van der Waals surface area contributed by atoms with Crippen molar-refractivity contribution in [3.8, 4) is 11.5 Å². The summed E-state index contributed by atoms with van der Waals surface area (Å²) in [4.78, 5) is 27.0. The standard InChI is InChI=1S/C21H16ClIN2O6/c1-11(2)10-30-19-16(23)6-12(8-18(19)29-3)7-17-21(26)31-20(24-17)14-9-13(25(27)28)4-5-15(14)22/h4-9H,1,10H2,2-3H3/b17-7-. The van der Waals surface area contributed by atoms with Crippen molar-refractivity contribution in [2.75, 3.05) is 13.7 Å². The van der Waals surface area contributed by atoms with Crippen LogP contribution in [-0.2, 0) is 9.53 Å². The number of carbonyl (C=O) groups is 1. The molecule has 0 spiro atoms. The Labute approximate surface area is 196 Å². The minimum Gasteiger partial charge on any atom is -0.493 e. The Morgan fingerprint density at radius 3 is 2.77 bits per heavy atom. The van der Waals surface area contributed by atoms with Gasteiger partial charge in [0, 0.05) is 12.1 Å². The van der Waals surface area contributed by atoms with Crippen LogP contribution in [0.15, 0.2) is 53.2 Å². The zero-order valence-corrected chi connectivity index (χ0v) is 19.4. The zero-order chi connectivity index (χ0) is 22.7. The fraction of sp³-hybridized carbons (Fsp3) is 0.143. The maximum Gasteiger partial charge on any atom is 0.363 e. The van der Waals surface area contributed by atoms with Crippen LogP contribution >= 0.6 is 34.2 Å². The third-order valence-corrected chi connectivity index (χ3v) is 5.16. The van der Waals surface area contributed by atoms with Gasteiger partial charge in [-0.05, 0) is 64.9 Å². The summed E-state index contributed by atoms with van der Waals surface area (Å²) in [7, 11) is 1.51. The van der Waals surface area contributed by atoms with Gasteiger partial charge in [0.15, 0.2) is 17.2 Å². The average Bonchev–Trinajstić information content (AvgIpc) is 3.06. The van der Waals surface area contributed by atoms with Crippen molar-refractivity contribution in [3.05, 3.63) is 78.0 Å². The number of hydrogen-bond acceptors (Lipinski definition) is 7. The third kappa shape index (κ3) is 5.23. The van der Waals surface area contributed by atoms with Gasteiger partial charge in [-0.25, -0.2) is 9.79 Å². The molecule has 8 nitrogen and oxygen atoms in total. The maximum atomic E-state index is 12.3. The Balaban J connectivity index is 1.97. The highest BCUT2D eigenvalue weighted by Crippen LogP contribution is 2.35. The van der Waals surface area contributed by atoms with E-state index in [-0.39, 0.29) is 27.9 Å². The first-order valence-corrected chi connectivity index (χ1v) is 10.3. The second-order valence-corrected chi connectivity index (χ2v) is 8.11. The molecular formula is C21H16ClIN2O6. The average molecular weight is 555 g/mol. The molecule has 0 saturated carbocycles. The summed E-state index contributed by atoms with van der Waals surface area (Å²) in [6.07, 6.45) is 1.52. The first kappa shape index (κ1) is 22.8. The number of cyclic esters (lactones) is 1. The Hall–Kier alpha value is -2.92. The molecule has 1 aliphatic heterocycles. The molecule has 10 heteroatoms. The molecule has 31 heavy (non-hydrogen) atoms. The normalized spacial score (nSPS) is 14.3. The van der Waals surface area contributed by atoms with E-state index in [0.717, 1.165) is 9.14 Å². The number of hydrogen-bond donors (Lipinski definition) is 0. The van der Waals surface area contributed by atoms with Gasteiger partial charge >= 0.3 is 5.97 Å². The Bertz CT molecular complexity index is 1160. The van der Waals surface area contributed by atoms with Crippen LogP contribution in [0.1, 0.15) is 18.1 Å². The zero-order valence-electron chi connectivity index (χ0n) is 16.5. The quantitative estimate of drug-likeness (QED) is 0.117. The van der Waals surface area contributed by atoms with Crippen LogP contribution in [0.5, 0.6) is 11.5 Å². The Morgan fingerprint density at radius 2 is 2.13 bits per heavy atom. The van der Waals surface area contributed by atoms with Crippen LogP contribution in [0.3, 0.4) is 0 Å². The van der Waals surface area contributed by atoms with Crippen molar-refractivity contribution in [1.29, 1.82) is 0 Å². The molecule has 0 bridgehead atoms. The number of methoxy groups -OCH3 is 1. The summed E-state index contributed by atoms with van der Waals surface area (Å²) in [6, 6.07) is 7.31. The van der Waals surface area contributed by atoms with Crippen LogP contribution in [0.25, 0.3) is 6.08 Å². The van der Waals surface area contributed by atoms with Crippen molar-refractivity contribution in [1.82, 2.24) is 0 Å². The number of aliphatic imine (C=N–C) groups is 1. The minimum absolute atomic E-state index is 0.0195. The number of ether oxygens (including phenoxy) is 3. The highest BCUT2D eigenvalue weighted by molar-refractivity contribution is 14.1. The summed E-state index contributed by atoms with van der Waals surface area (Å²) in [5.41, 5.74) is 1.47. The first-order chi connectivity index (χ1) is 14.7. The lowest BCUT2D eigenvalue weighted by atomic mass is 10.1. The molecular weight excluding hydrogens is 539 g/mol. The molecule has 0 unspecified atom stereocenters. The van der Waals surface area contributed by atoms with Crippen molar-refractivity contribution < 1.29 is 23.9 Å². The molecule has 0 N–H and O–H groups in total. The summed E-state index contributed by atoms with van der Waals surface area (Å²) in [5.74, 6) is 0.245. The van der Waals surface area contributed by atoms with Crippen LogP contribution in [0.2, 0.25) is 5.02 Å². The molecule has 1 heterocycles. The predicted octanol–water partition coefficient (Wildman–Crippen LogP) is 5.16. The Morgan fingerprint density at radius 1 is 1.39 bits per heavy atom. The van der Waals surface area contributed by atoms with Crippen LogP contribution in [0.4, 0.5) is 5.69 Å². The lowest BCUT2D eigenvalue weighted by molar-refractivity contribution is -0.384. The largest absolute Gasteiger partial charge is 0.493 e. The van der Waals surface area contributed by atoms with E-state index in [1.54, 1.807) is 12.1 Å². The molecule has 2 aromatic carbocycles. The Kier molecular flexibility index (Phi) is 6.96. The van der Waals surface area contributed by atoms with Gasteiger partial charge in [-0.3, -0.25) is 10.1 Å². The van der Waals surface area contributed by atoms with Gasteiger partial charge in [-0.15, -0.1) is 0 Å². The van der Waals surface area contributed by atoms with Gasteiger partial charge in [0.1, 0.15) is 6.61 Å².